The second-order valence-corrected chi connectivity index (χ2v) is 7.34. The molecule has 0 unspecified atom stereocenters. The molecule has 0 aliphatic carbocycles. The van der Waals surface area contributed by atoms with Crippen LogP contribution < -0.4 is 4.90 Å². The van der Waals surface area contributed by atoms with Gasteiger partial charge in [-0.2, -0.15) is 0 Å². The molecule has 134 valence electrons. The van der Waals surface area contributed by atoms with Gasteiger partial charge in [-0.3, -0.25) is 14.5 Å². The number of hydrogen-bond donors (Lipinski definition) is 0. The molecule has 3 aliphatic rings. The van der Waals surface area contributed by atoms with E-state index >= 15 is 0 Å². The summed E-state index contributed by atoms with van der Waals surface area (Å²) in [7, 11) is 0. The summed E-state index contributed by atoms with van der Waals surface area (Å²) in [5.41, 5.74) is 0.461. The first-order valence-electron chi connectivity index (χ1n) is 8.33. The normalized spacial score (nSPS) is 26.8. The lowest BCUT2D eigenvalue weighted by Crippen LogP contribution is -2.51. The van der Waals surface area contributed by atoms with Crippen molar-refractivity contribution in [2.45, 2.75) is 31.1 Å². The Balaban J connectivity index is 1.48. The van der Waals surface area contributed by atoms with E-state index in [2.05, 4.69) is 0 Å². The van der Waals surface area contributed by atoms with Crippen LogP contribution in [0.1, 0.15) is 19.3 Å². The Kier molecular flexibility index (Phi) is 4.50. The molecule has 1 atom stereocenters. The molecule has 1 aromatic rings. The van der Waals surface area contributed by atoms with Crippen molar-refractivity contribution >= 4 is 40.7 Å². The summed E-state index contributed by atoms with van der Waals surface area (Å²) in [6, 6.07) is 4.33. The van der Waals surface area contributed by atoms with Crippen molar-refractivity contribution in [2.24, 2.45) is 0 Å². The summed E-state index contributed by atoms with van der Waals surface area (Å²) in [6.07, 6.45) is 1.59. The number of ether oxygens (including phenoxy) is 2. The van der Waals surface area contributed by atoms with Gasteiger partial charge >= 0.3 is 0 Å². The highest BCUT2D eigenvalue weighted by Crippen LogP contribution is 2.35. The molecule has 8 heteroatoms. The van der Waals surface area contributed by atoms with Crippen LogP contribution in [0, 0.1) is 0 Å². The maximum Gasteiger partial charge on any atom is 0.251 e. The van der Waals surface area contributed by atoms with Crippen LogP contribution in [0.25, 0.3) is 0 Å². The number of anilines is 1. The van der Waals surface area contributed by atoms with Gasteiger partial charge in [0.1, 0.15) is 0 Å². The van der Waals surface area contributed by atoms with Crippen molar-refractivity contribution in [1.29, 1.82) is 0 Å². The fourth-order valence-electron chi connectivity index (χ4n) is 3.76. The van der Waals surface area contributed by atoms with Gasteiger partial charge in [-0.1, -0.05) is 23.2 Å². The minimum Gasteiger partial charge on any atom is -0.347 e. The molecule has 0 radical (unpaired) electrons. The summed E-state index contributed by atoms with van der Waals surface area (Å²) >= 11 is 11.9. The lowest BCUT2D eigenvalue weighted by molar-refractivity contribution is -0.188. The standard InChI is InChI=1S/C17H18Cl2N2O4/c18-12-2-1-11(9-13(12)19)21-15(22)10-14(16(21)23)20-5-3-17(4-6-20)24-7-8-25-17/h1-2,9,14H,3-8,10H2/t14-/m0/s1. The molecule has 1 aromatic carbocycles. The number of halogens is 2. The average Bonchev–Trinajstić information content (AvgIpc) is 3.16. The molecule has 25 heavy (non-hydrogen) atoms. The fraction of sp³-hybridized carbons (Fsp3) is 0.529. The van der Waals surface area contributed by atoms with E-state index in [0.29, 0.717) is 54.9 Å². The lowest BCUT2D eigenvalue weighted by atomic mass is 10.0. The second-order valence-electron chi connectivity index (χ2n) is 6.53. The Morgan fingerprint density at radius 1 is 1.04 bits per heavy atom. The van der Waals surface area contributed by atoms with Crippen molar-refractivity contribution in [3.8, 4) is 0 Å². The number of amides is 2. The van der Waals surface area contributed by atoms with Gasteiger partial charge in [-0.25, -0.2) is 4.90 Å². The molecular weight excluding hydrogens is 367 g/mol. The zero-order chi connectivity index (χ0) is 17.6. The van der Waals surface area contributed by atoms with E-state index in [1.54, 1.807) is 18.2 Å². The van der Waals surface area contributed by atoms with E-state index < -0.39 is 11.8 Å². The average molecular weight is 385 g/mol. The molecule has 0 bridgehead atoms. The summed E-state index contributed by atoms with van der Waals surface area (Å²) in [5, 5.41) is 0.706. The van der Waals surface area contributed by atoms with E-state index in [0.717, 1.165) is 0 Å². The van der Waals surface area contributed by atoms with Crippen LogP contribution >= 0.6 is 23.2 Å². The highest BCUT2D eigenvalue weighted by Gasteiger charge is 2.47. The monoisotopic (exact) mass is 384 g/mol. The fourth-order valence-corrected chi connectivity index (χ4v) is 4.05. The second kappa shape index (κ2) is 6.52. The summed E-state index contributed by atoms with van der Waals surface area (Å²) < 4.78 is 11.4. The van der Waals surface area contributed by atoms with Crippen LogP contribution in [0.5, 0.6) is 0 Å². The van der Waals surface area contributed by atoms with Crippen LogP contribution in [0.3, 0.4) is 0 Å². The van der Waals surface area contributed by atoms with E-state index in [9.17, 15) is 9.59 Å². The topological polar surface area (TPSA) is 59.1 Å². The van der Waals surface area contributed by atoms with Gasteiger partial charge in [0, 0.05) is 25.9 Å². The molecule has 4 rings (SSSR count). The first-order chi connectivity index (χ1) is 12.0. The highest BCUT2D eigenvalue weighted by atomic mass is 35.5. The van der Waals surface area contributed by atoms with Crippen molar-refractivity contribution in [2.75, 3.05) is 31.2 Å². The third-order valence-corrected chi connectivity index (χ3v) is 5.84. The third kappa shape index (κ3) is 3.06. The summed E-state index contributed by atoms with van der Waals surface area (Å²) in [4.78, 5) is 28.5. The van der Waals surface area contributed by atoms with Gasteiger partial charge in [0.2, 0.25) is 5.91 Å². The van der Waals surface area contributed by atoms with Crippen molar-refractivity contribution in [3.63, 3.8) is 0 Å². The van der Waals surface area contributed by atoms with Crippen LogP contribution in [0.15, 0.2) is 18.2 Å². The van der Waals surface area contributed by atoms with E-state index in [-0.39, 0.29) is 18.2 Å². The van der Waals surface area contributed by atoms with Gasteiger partial charge in [0.25, 0.3) is 5.91 Å². The van der Waals surface area contributed by atoms with Crippen LogP contribution in [0.2, 0.25) is 10.0 Å². The highest BCUT2D eigenvalue weighted by molar-refractivity contribution is 6.42. The van der Waals surface area contributed by atoms with Gasteiger partial charge in [0.15, 0.2) is 5.79 Å². The van der Waals surface area contributed by atoms with Crippen molar-refractivity contribution in [1.82, 2.24) is 4.90 Å². The van der Waals surface area contributed by atoms with E-state index in [1.165, 1.54) is 4.90 Å². The predicted octanol–water partition coefficient (Wildman–Crippen LogP) is 2.46. The predicted molar refractivity (Wildman–Crippen MR) is 92.8 cm³/mol. The van der Waals surface area contributed by atoms with Gasteiger partial charge < -0.3 is 9.47 Å². The largest absolute Gasteiger partial charge is 0.347 e. The number of piperidine rings is 1. The molecule has 2 amide bonds. The number of likely N-dealkylation sites (tertiary alicyclic amines) is 1. The maximum absolute atomic E-state index is 12.8. The Labute approximate surface area is 155 Å². The Bertz CT molecular complexity index is 711. The van der Waals surface area contributed by atoms with Crippen LogP contribution in [-0.4, -0.2) is 54.8 Å². The molecule has 6 nitrogen and oxygen atoms in total. The number of nitrogens with zero attached hydrogens (tertiary/aromatic N) is 2. The smallest absolute Gasteiger partial charge is 0.251 e. The number of benzene rings is 1. The zero-order valence-electron chi connectivity index (χ0n) is 13.5. The van der Waals surface area contributed by atoms with E-state index in [4.69, 9.17) is 32.7 Å². The molecule has 1 spiro atoms. The van der Waals surface area contributed by atoms with Crippen LogP contribution in [0.4, 0.5) is 5.69 Å². The molecule has 0 N–H and O–H groups in total. The Morgan fingerprint density at radius 3 is 2.36 bits per heavy atom. The number of rotatable bonds is 2. The maximum atomic E-state index is 12.8. The summed E-state index contributed by atoms with van der Waals surface area (Å²) in [5.74, 6) is -0.930. The van der Waals surface area contributed by atoms with Crippen LogP contribution in [-0.2, 0) is 19.1 Å². The lowest BCUT2D eigenvalue weighted by Gasteiger charge is -2.39. The van der Waals surface area contributed by atoms with Crippen molar-refractivity contribution in [3.05, 3.63) is 28.2 Å². The Morgan fingerprint density at radius 2 is 1.72 bits per heavy atom. The number of carbonyl (C=O) groups excluding carboxylic acids is 2. The zero-order valence-corrected chi connectivity index (χ0v) is 15.1. The van der Waals surface area contributed by atoms with Gasteiger partial charge in [-0.05, 0) is 18.2 Å². The summed E-state index contributed by atoms with van der Waals surface area (Å²) in [6.45, 7) is 2.57. The molecule has 3 fully saturated rings. The minimum absolute atomic E-state index is 0.174. The third-order valence-electron chi connectivity index (χ3n) is 5.10. The number of carbonyl (C=O) groups is 2. The number of hydrogen-bond acceptors (Lipinski definition) is 5. The Hall–Kier alpha value is -1.18. The SMILES string of the molecule is O=C1C[C@H](N2CCC3(CC2)OCCO3)C(=O)N1c1ccc(Cl)c(Cl)c1. The number of imide groups is 1. The quantitative estimate of drug-likeness (QED) is 0.733. The van der Waals surface area contributed by atoms with Gasteiger partial charge in [-0.15, -0.1) is 0 Å². The molecule has 3 heterocycles. The van der Waals surface area contributed by atoms with Gasteiger partial charge in [0.05, 0.1) is 41.4 Å². The van der Waals surface area contributed by atoms with E-state index in [1.807, 2.05) is 4.90 Å². The molecule has 0 saturated carbocycles. The first kappa shape index (κ1) is 17.2. The molecule has 0 aromatic heterocycles. The minimum atomic E-state index is -0.494. The molecule has 3 aliphatic heterocycles. The first-order valence-corrected chi connectivity index (χ1v) is 9.08. The molecule has 3 saturated heterocycles. The molecular formula is C17H18Cl2N2O4. The van der Waals surface area contributed by atoms with Crippen molar-refractivity contribution < 1.29 is 19.1 Å².